The largest absolute Gasteiger partial charge is 0.507 e. The number of phenolic OH excluding ortho intramolecular Hbond substituents is 1. The summed E-state index contributed by atoms with van der Waals surface area (Å²) < 4.78 is 1.80. The Labute approximate surface area is 214 Å². The second-order valence-electron chi connectivity index (χ2n) is 11.2. The van der Waals surface area contributed by atoms with Crippen molar-refractivity contribution in [2.45, 2.75) is 77.9 Å². The van der Waals surface area contributed by atoms with E-state index in [2.05, 4.69) is 65.2 Å². The molecule has 0 amide bonds. The van der Waals surface area contributed by atoms with Crippen LogP contribution in [0.5, 0.6) is 5.75 Å². The van der Waals surface area contributed by atoms with Gasteiger partial charge in [0, 0.05) is 47.7 Å². The zero-order valence-corrected chi connectivity index (χ0v) is 22.8. The molecule has 1 aromatic carbocycles. The van der Waals surface area contributed by atoms with Gasteiger partial charge in [-0.05, 0) is 72.1 Å². The Morgan fingerprint density at radius 3 is 2.47 bits per heavy atom. The first-order valence-corrected chi connectivity index (χ1v) is 12.6. The van der Waals surface area contributed by atoms with E-state index in [1.54, 1.807) is 16.9 Å². The maximum Gasteiger partial charge on any atom is 0.125 e. The highest BCUT2D eigenvalue weighted by Gasteiger charge is 2.39. The van der Waals surface area contributed by atoms with E-state index in [1.165, 1.54) is 0 Å². The van der Waals surface area contributed by atoms with Gasteiger partial charge >= 0.3 is 0 Å². The fraction of sp³-hybridized carbons (Fsp3) is 0.500. The Hall–Kier alpha value is -3.26. The molecule has 4 rings (SSSR count). The lowest BCUT2D eigenvalue weighted by Gasteiger charge is -2.49. The average Bonchev–Trinajstić information content (AvgIpc) is 3.17. The van der Waals surface area contributed by atoms with Crippen LogP contribution in [-0.2, 0) is 7.05 Å². The fourth-order valence-electron chi connectivity index (χ4n) is 5.47. The standard InChI is InChI=1S/C28H39N7O/c1-9-23(32-31-18(2)34(7)21-14-27(3,4)33-28(5,6)15-21)22-11-10-19(13-26(22)36)24-12-20-16-30-35(8)25(20)17-29-24/h10-13,16-17,21,33,36H,9,14-15H2,1-8H3/b31-18+,32-23+. The number of benzene rings is 1. The molecule has 1 fully saturated rings. The zero-order valence-electron chi connectivity index (χ0n) is 22.8. The second kappa shape index (κ2) is 9.65. The molecule has 0 aliphatic carbocycles. The van der Waals surface area contributed by atoms with Crippen LogP contribution in [0.3, 0.4) is 0 Å². The predicted octanol–water partition coefficient (Wildman–Crippen LogP) is 5.11. The number of hydrogen-bond donors (Lipinski definition) is 2. The number of aromatic nitrogens is 3. The SMILES string of the molecule is CC/C(=N\N=C(/C)N(C)C1CC(C)(C)NC(C)(C)C1)c1ccc(-c2cc3cnn(C)c3cn2)cc1O. The number of aromatic hydroxyl groups is 1. The Bertz CT molecular complexity index is 1300. The third-order valence-electron chi connectivity index (χ3n) is 7.11. The van der Waals surface area contributed by atoms with E-state index in [0.717, 1.165) is 46.5 Å². The molecule has 1 aliphatic rings. The third kappa shape index (κ3) is 5.43. The van der Waals surface area contributed by atoms with Crippen molar-refractivity contribution < 1.29 is 5.11 Å². The molecule has 0 unspecified atom stereocenters. The van der Waals surface area contributed by atoms with Crippen molar-refractivity contribution in [1.82, 2.24) is 25.0 Å². The molecular weight excluding hydrogens is 450 g/mol. The number of aryl methyl sites for hydroxylation is 1. The quantitative estimate of drug-likeness (QED) is 0.295. The van der Waals surface area contributed by atoms with Gasteiger partial charge in [0.15, 0.2) is 0 Å². The van der Waals surface area contributed by atoms with E-state index >= 15 is 0 Å². The van der Waals surface area contributed by atoms with E-state index in [4.69, 9.17) is 0 Å². The van der Waals surface area contributed by atoms with Crippen molar-refractivity contribution in [3.63, 3.8) is 0 Å². The monoisotopic (exact) mass is 489 g/mol. The third-order valence-corrected chi connectivity index (χ3v) is 7.11. The molecule has 36 heavy (non-hydrogen) atoms. The van der Waals surface area contributed by atoms with Gasteiger partial charge < -0.3 is 15.3 Å². The lowest BCUT2D eigenvalue weighted by Crippen LogP contribution is -2.62. The molecule has 0 atom stereocenters. The topological polar surface area (TPSA) is 90.9 Å². The Morgan fingerprint density at radius 1 is 1.14 bits per heavy atom. The van der Waals surface area contributed by atoms with Crippen molar-refractivity contribution >= 4 is 22.5 Å². The fourth-order valence-corrected chi connectivity index (χ4v) is 5.47. The molecule has 0 bridgehead atoms. The van der Waals surface area contributed by atoms with Gasteiger partial charge in [0.1, 0.15) is 11.6 Å². The van der Waals surface area contributed by atoms with E-state index in [0.29, 0.717) is 18.0 Å². The summed E-state index contributed by atoms with van der Waals surface area (Å²) in [7, 11) is 3.99. The van der Waals surface area contributed by atoms with E-state index in [1.807, 2.05) is 45.3 Å². The van der Waals surface area contributed by atoms with Gasteiger partial charge in [0.05, 0.1) is 29.3 Å². The molecule has 2 aromatic heterocycles. The number of nitrogens with one attached hydrogen (secondary N) is 1. The maximum absolute atomic E-state index is 10.9. The molecule has 0 radical (unpaired) electrons. The smallest absolute Gasteiger partial charge is 0.125 e. The minimum absolute atomic E-state index is 0.0583. The normalized spacial score (nSPS) is 18.6. The molecule has 192 valence electrons. The Kier molecular flexibility index (Phi) is 6.92. The van der Waals surface area contributed by atoms with E-state index in [-0.39, 0.29) is 16.8 Å². The van der Waals surface area contributed by atoms with Crippen LogP contribution in [0.4, 0.5) is 0 Å². The number of phenols is 1. The van der Waals surface area contributed by atoms with Crippen LogP contribution in [-0.4, -0.2) is 60.5 Å². The summed E-state index contributed by atoms with van der Waals surface area (Å²) in [5, 5.41) is 29.0. The highest BCUT2D eigenvalue weighted by atomic mass is 16.3. The molecule has 3 heterocycles. The number of piperidine rings is 1. The lowest BCUT2D eigenvalue weighted by atomic mass is 9.79. The van der Waals surface area contributed by atoms with Gasteiger partial charge in [-0.15, -0.1) is 5.10 Å². The van der Waals surface area contributed by atoms with Crippen LogP contribution in [0.25, 0.3) is 22.2 Å². The van der Waals surface area contributed by atoms with Gasteiger partial charge in [-0.1, -0.05) is 13.0 Å². The van der Waals surface area contributed by atoms with Crippen LogP contribution in [0.2, 0.25) is 0 Å². The van der Waals surface area contributed by atoms with Gasteiger partial charge in [0.2, 0.25) is 0 Å². The number of hydrogen-bond acceptors (Lipinski definition) is 6. The van der Waals surface area contributed by atoms with Crippen LogP contribution in [0.15, 0.2) is 46.9 Å². The van der Waals surface area contributed by atoms with E-state index < -0.39 is 0 Å². The molecule has 0 spiro atoms. The van der Waals surface area contributed by atoms with Crippen molar-refractivity contribution in [2.24, 2.45) is 17.3 Å². The Morgan fingerprint density at radius 2 is 1.83 bits per heavy atom. The number of rotatable bonds is 5. The van der Waals surface area contributed by atoms with Crippen LogP contribution in [0, 0.1) is 0 Å². The maximum atomic E-state index is 10.9. The Balaban J connectivity index is 1.56. The number of amidine groups is 1. The molecule has 8 nitrogen and oxygen atoms in total. The molecular formula is C28H39N7O. The zero-order chi connectivity index (χ0) is 26.3. The van der Waals surface area contributed by atoms with Crippen molar-refractivity contribution in [2.75, 3.05) is 7.05 Å². The molecule has 1 saturated heterocycles. The average molecular weight is 490 g/mol. The minimum Gasteiger partial charge on any atom is -0.507 e. The predicted molar refractivity (Wildman–Crippen MR) is 148 cm³/mol. The van der Waals surface area contributed by atoms with Crippen molar-refractivity contribution in [3.05, 3.63) is 42.2 Å². The van der Waals surface area contributed by atoms with E-state index in [9.17, 15) is 5.11 Å². The summed E-state index contributed by atoms with van der Waals surface area (Å²) in [6.45, 7) is 13.0. The summed E-state index contributed by atoms with van der Waals surface area (Å²) in [4.78, 5) is 6.80. The lowest BCUT2D eigenvalue weighted by molar-refractivity contribution is 0.113. The van der Waals surface area contributed by atoms with Crippen LogP contribution in [0.1, 0.15) is 66.4 Å². The molecule has 2 N–H and O–H groups in total. The van der Waals surface area contributed by atoms with Crippen molar-refractivity contribution in [1.29, 1.82) is 0 Å². The summed E-state index contributed by atoms with van der Waals surface area (Å²) >= 11 is 0. The first-order valence-electron chi connectivity index (χ1n) is 12.6. The summed E-state index contributed by atoms with van der Waals surface area (Å²) in [5.74, 6) is 1.04. The molecule has 1 aliphatic heterocycles. The number of nitrogens with zero attached hydrogens (tertiary/aromatic N) is 6. The summed E-state index contributed by atoms with van der Waals surface area (Å²) in [5.41, 5.74) is 4.14. The highest BCUT2D eigenvalue weighted by Crippen LogP contribution is 2.31. The van der Waals surface area contributed by atoms with Crippen molar-refractivity contribution in [3.8, 4) is 17.0 Å². The summed E-state index contributed by atoms with van der Waals surface area (Å²) in [6.07, 6.45) is 6.34. The van der Waals surface area contributed by atoms with Crippen LogP contribution < -0.4 is 5.32 Å². The second-order valence-corrected chi connectivity index (χ2v) is 11.2. The number of pyridine rings is 1. The van der Waals surface area contributed by atoms with Gasteiger partial charge in [-0.3, -0.25) is 9.67 Å². The van der Waals surface area contributed by atoms with Gasteiger partial charge in [0.25, 0.3) is 0 Å². The molecule has 0 saturated carbocycles. The van der Waals surface area contributed by atoms with Gasteiger partial charge in [-0.25, -0.2) is 0 Å². The first kappa shape index (κ1) is 25.8. The molecule has 8 heteroatoms. The summed E-state index contributed by atoms with van der Waals surface area (Å²) in [6, 6.07) is 7.96. The van der Waals surface area contributed by atoms with Crippen LogP contribution >= 0.6 is 0 Å². The number of fused-ring (bicyclic) bond motifs is 1. The minimum atomic E-state index is 0.0583. The highest BCUT2D eigenvalue weighted by molar-refractivity contribution is 6.03. The molecule has 3 aromatic rings. The first-order chi connectivity index (χ1) is 16.9. The van der Waals surface area contributed by atoms with Gasteiger partial charge in [-0.2, -0.15) is 10.2 Å².